The highest BCUT2D eigenvalue weighted by molar-refractivity contribution is 9.10. The van der Waals surface area contributed by atoms with E-state index < -0.39 is 17.2 Å². The SMILES string of the molecule is COc1cccc2cc(C(=O)Oc3ccc4c(-c5cc6cc(Br)ccc6oc5=O)cc(=O)oc4c3)oc12. The van der Waals surface area contributed by atoms with E-state index in [1.54, 1.807) is 54.6 Å². The van der Waals surface area contributed by atoms with Crippen molar-refractivity contribution < 1.29 is 27.5 Å². The highest BCUT2D eigenvalue weighted by atomic mass is 79.9. The molecule has 9 heteroatoms. The monoisotopic (exact) mass is 558 g/mol. The molecule has 0 radical (unpaired) electrons. The van der Waals surface area contributed by atoms with Crippen LogP contribution in [-0.4, -0.2) is 13.1 Å². The second-order valence-corrected chi connectivity index (χ2v) is 9.06. The van der Waals surface area contributed by atoms with Crippen LogP contribution in [0.15, 0.2) is 100 Å². The Morgan fingerprint density at radius 3 is 2.51 bits per heavy atom. The minimum atomic E-state index is -0.739. The van der Waals surface area contributed by atoms with Crippen LogP contribution in [0.5, 0.6) is 11.5 Å². The number of hydrogen-bond acceptors (Lipinski definition) is 8. The number of rotatable bonds is 4. The Balaban J connectivity index is 1.39. The fourth-order valence-corrected chi connectivity index (χ4v) is 4.55. The maximum atomic E-state index is 12.8. The van der Waals surface area contributed by atoms with Crippen molar-refractivity contribution in [3.05, 3.63) is 104 Å². The number of furan rings is 1. The molecule has 0 atom stereocenters. The molecular formula is C28H15BrO8. The van der Waals surface area contributed by atoms with Crippen molar-refractivity contribution in [3.8, 4) is 22.6 Å². The molecule has 0 bridgehead atoms. The summed E-state index contributed by atoms with van der Waals surface area (Å²) in [6.07, 6.45) is 0. The smallest absolute Gasteiger partial charge is 0.379 e. The molecule has 8 nitrogen and oxygen atoms in total. The van der Waals surface area contributed by atoms with E-state index in [0.717, 1.165) is 4.47 Å². The van der Waals surface area contributed by atoms with Crippen LogP contribution in [0.4, 0.5) is 0 Å². The molecular weight excluding hydrogens is 544 g/mol. The highest BCUT2D eigenvalue weighted by Gasteiger charge is 2.19. The predicted octanol–water partition coefficient (Wildman–Crippen LogP) is 6.30. The molecule has 3 aromatic carbocycles. The zero-order valence-corrected chi connectivity index (χ0v) is 20.7. The third-order valence-corrected chi connectivity index (χ3v) is 6.33. The first-order chi connectivity index (χ1) is 17.9. The lowest BCUT2D eigenvalue weighted by molar-refractivity contribution is 0.0704. The van der Waals surface area contributed by atoms with Crippen molar-refractivity contribution in [2.45, 2.75) is 0 Å². The van der Waals surface area contributed by atoms with Crippen LogP contribution < -0.4 is 20.7 Å². The number of ether oxygens (including phenoxy) is 2. The summed E-state index contributed by atoms with van der Waals surface area (Å²) in [6.45, 7) is 0. The summed E-state index contributed by atoms with van der Waals surface area (Å²) < 4.78 is 28.0. The van der Waals surface area contributed by atoms with Crippen LogP contribution >= 0.6 is 15.9 Å². The lowest BCUT2D eigenvalue weighted by atomic mass is 10.0. The first-order valence-electron chi connectivity index (χ1n) is 11.0. The predicted molar refractivity (Wildman–Crippen MR) is 139 cm³/mol. The van der Waals surface area contributed by atoms with Gasteiger partial charge >= 0.3 is 17.2 Å². The van der Waals surface area contributed by atoms with Crippen molar-refractivity contribution in [2.75, 3.05) is 7.11 Å². The molecule has 3 aromatic heterocycles. The average molecular weight is 559 g/mol. The van der Waals surface area contributed by atoms with Crippen LogP contribution in [0.2, 0.25) is 0 Å². The van der Waals surface area contributed by atoms with Crippen molar-refractivity contribution in [1.82, 2.24) is 0 Å². The van der Waals surface area contributed by atoms with E-state index in [1.807, 2.05) is 0 Å². The van der Waals surface area contributed by atoms with Crippen LogP contribution in [0, 0.1) is 0 Å². The summed E-state index contributed by atoms with van der Waals surface area (Å²) in [4.78, 5) is 37.9. The molecule has 182 valence electrons. The van der Waals surface area contributed by atoms with E-state index in [-0.39, 0.29) is 22.7 Å². The van der Waals surface area contributed by atoms with E-state index in [0.29, 0.717) is 38.6 Å². The van der Waals surface area contributed by atoms with E-state index in [4.69, 9.17) is 22.7 Å². The van der Waals surface area contributed by atoms with E-state index in [9.17, 15) is 14.4 Å². The summed E-state index contributed by atoms with van der Waals surface area (Å²) in [5, 5.41) is 1.83. The molecule has 37 heavy (non-hydrogen) atoms. The van der Waals surface area contributed by atoms with Gasteiger partial charge < -0.3 is 22.7 Å². The molecule has 0 N–H and O–H groups in total. The summed E-state index contributed by atoms with van der Waals surface area (Å²) >= 11 is 3.41. The summed E-state index contributed by atoms with van der Waals surface area (Å²) in [7, 11) is 1.51. The lowest BCUT2D eigenvalue weighted by Crippen LogP contribution is -2.08. The van der Waals surface area contributed by atoms with E-state index in [1.165, 1.54) is 25.3 Å². The largest absolute Gasteiger partial charge is 0.493 e. The van der Waals surface area contributed by atoms with Crippen molar-refractivity contribution in [3.63, 3.8) is 0 Å². The normalized spacial score (nSPS) is 11.3. The second-order valence-electron chi connectivity index (χ2n) is 8.15. The maximum Gasteiger partial charge on any atom is 0.379 e. The highest BCUT2D eigenvalue weighted by Crippen LogP contribution is 2.32. The number of methoxy groups -OCH3 is 1. The summed E-state index contributed by atoms with van der Waals surface area (Å²) in [6, 6.07) is 19.5. The van der Waals surface area contributed by atoms with Crippen molar-refractivity contribution in [2.24, 2.45) is 0 Å². The van der Waals surface area contributed by atoms with Gasteiger partial charge in [-0.1, -0.05) is 28.1 Å². The molecule has 6 aromatic rings. The Kier molecular flexibility index (Phi) is 5.42. The molecule has 3 heterocycles. The number of para-hydroxylation sites is 1. The number of halogens is 1. The van der Waals surface area contributed by atoms with Gasteiger partial charge in [0.1, 0.15) is 16.9 Å². The van der Waals surface area contributed by atoms with Crippen molar-refractivity contribution in [1.29, 1.82) is 0 Å². The molecule has 0 aliphatic rings. The molecule has 0 aliphatic carbocycles. The van der Waals surface area contributed by atoms with Crippen LogP contribution in [0.25, 0.3) is 44.0 Å². The molecule has 0 aliphatic heterocycles. The maximum absolute atomic E-state index is 12.8. The van der Waals surface area contributed by atoms with Gasteiger partial charge in [-0.05, 0) is 48.5 Å². The van der Waals surface area contributed by atoms with Gasteiger partial charge in [0, 0.05) is 38.3 Å². The van der Waals surface area contributed by atoms with Gasteiger partial charge in [-0.15, -0.1) is 0 Å². The second kappa shape index (κ2) is 8.79. The van der Waals surface area contributed by atoms with Crippen LogP contribution in [0.3, 0.4) is 0 Å². The minimum Gasteiger partial charge on any atom is -0.493 e. The first-order valence-corrected chi connectivity index (χ1v) is 11.8. The Labute approximate surface area is 215 Å². The number of benzene rings is 3. The molecule has 0 amide bonds. The summed E-state index contributed by atoms with van der Waals surface area (Å²) in [5.41, 5.74) is 0.233. The Bertz CT molecular complexity index is 1980. The lowest BCUT2D eigenvalue weighted by Gasteiger charge is -2.08. The molecule has 6 rings (SSSR count). The van der Waals surface area contributed by atoms with Gasteiger partial charge in [0.2, 0.25) is 5.76 Å². The molecule has 0 fully saturated rings. The number of hydrogen-bond donors (Lipinski definition) is 0. The first kappa shape index (κ1) is 22.8. The molecule has 0 spiro atoms. The zero-order chi connectivity index (χ0) is 25.7. The fraction of sp³-hybridized carbons (Fsp3) is 0.0357. The molecule has 0 unspecified atom stereocenters. The van der Waals surface area contributed by atoms with Gasteiger partial charge in [0.15, 0.2) is 11.3 Å². The van der Waals surface area contributed by atoms with Gasteiger partial charge in [0.25, 0.3) is 0 Å². The summed E-state index contributed by atoms with van der Waals surface area (Å²) in [5.74, 6) is -0.145. The standard InChI is InChI=1S/C28H15BrO8/c1-33-22-4-2-3-14-11-24(36-26(14)22)28(32)34-17-6-7-18-19(13-25(30)35-23(18)12-17)20-10-15-9-16(29)5-8-21(15)37-27(20)31/h2-13H,1H3. The minimum absolute atomic E-state index is 0.0188. The topological polar surface area (TPSA) is 109 Å². The fourth-order valence-electron chi connectivity index (χ4n) is 4.17. The number of carbonyl (C=O) groups excluding carboxylic acids is 1. The number of fused-ring (bicyclic) bond motifs is 3. The van der Waals surface area contributed by atoms with Crippen LogP contribution in [0.1, 0.15) is 10.6 Å². The Morgan fingerprint density at radius 2 is 1.68 bits per heavy atom. The van der Waals surface area contributed by atoms with Crippen molar-refractivity contribution >= 4 is 54.8 Å². The quantitative estimate of drug-likeness (QED) is 0.141. The Hall–Kier alpha value is -4.63. The zero-order valence-electron chi connectivity index (χ0n) is 19.1. The third kappa shape index (κ3) is 4.09. The van der Waals surface area contributed by atoms with Gasteiger partial charge in [-0.25, -0.2) is 14.4 Å². The van der Waals surface area contributed by atoms with Gasteiger partial charge in [-0.3, -0.25) is 0 Å². The average Bonchev–Trinajstić information content (AvgIpc) is 3.33. The van der Waals surface area contributed by atoms with Gasteiger partial charge in [-0.2, -0.15) is 0 Å². The van der Waals surface area contributed by atoms with E-state index in [2.05, 4.69) is 15.9 Å². The molecule has 0 saturated heterocycles. The van der Waals surface area contributed by atoms with E-state index >= 15 is 0 Å². The number of esters is 1. The Morgan fingerprint density at radius 1 is 0.811 bits per heavy atom. The molecule has 0 saturated carbocycles. The van der Waals surface area contributed by atoms with Crippen LogP contribution in [-0.2, 0) is 0 Å². The van der Waals surface area contributed by atoms with Gasteiger partial charge in [0.05, 0.1) is 12.7 Å². The third-order valence-electron chi connectivity index (χ3n) is 5.84. The number of carbonyl (C=O) groups is 1.